The lowest BCUT2D eigenvalue weighted by molar-refractivity contribution is -0.132. The van der Waals surface area contributed by atoms with E-state index in [4.69, 9.17) is 5.73 Å². The van der Waals surface area contributed by atoms with E-state index in [0.717, 1.165) is 31.5 Å². The van der Waals surface area contributed by atoms with Gasteiger partial charge in [0.15, 0.2) is 0 Å². The van der Waals surface area contributed by atoms with E-state index in [1.807, 2.05) is 24.3 Å². The summed E-state index contributed by atoms with van der Waals surface area (Å²) in [5.41, 5.74) is 8.91. The van der Waals surface area contributed by atoms with Crippen LogP contribution in [0, 0.1) is 0 Å². The molecule has 1 saturated heterocycles. The highest BCUT2D eigenvalue weighted by atomic mass is 32.1. The van der Waals surface area contributed by atoms with Crippen LogP contribution in [0.2, 0.25) is 0 Å². The monoisotopic (exact) mass is 300 g/mol. The van der Waals surface area contributed by atoms with E-state index < -0.39 is 0 Å². The van der Waals surface area contributed by atoms with Gasteiger partial charge in [0.2, 0.25) is 5.91 Å². The van der Waals surface area contributed by atoms with Crippen molar-refractivity contribution in [1.82, 2.24) is 4.90 Å². The van der Waals surface area contributed by atoms with Crippen molar-refractivity contribution < 1.29 is 4.79 Å². The molecule has 4 heteroatoms. The van der Waals surface area contributed by atoms with Gasteiger partial charge in [0.25, 0.3) is 0 Å². The standard InChI is InChI=1S/C17H20N2OS/c18-15-6-3-13(4-7-15)5-8-17(20)19-10-1-2-16(19)14-9-11-21-12-14/h3-4,6-7,9,11-12,16H,1-2,5,8,10,18H2. The predicted octanol–water partition coefficient (Wildman–Crippen LogP) is 3.63. The van der Waals surface area contributed by atoms with Crippen molar-refractivity contribution in [3.8, 4) is 0 Å². The lowest BCUT2D eigenvalue weighted by Gasteiger charge is -2.24. The van der Waals surface area contributed by atoms with Gasteiger partial charge < -0.3 is 10.6 Å². The number of benzene rings is 1. The third kappa shape index (κ3) is 3.27. The van der Waals surface area contributed by atoms with Crippen LogP contribution < -0.4 is 5.73 Å². The number of nitrogens with zero attached hydrogens (tertiary/aromatic N) is 1. The van der Waals surface area contributed by atoms with Crippen molar-refractivity contribution >= 4 is 22.9 Å². The largest absolute Gasteiger partial charge is 0.399 e. The molecule has 1 aromatic heterocycles. The van der Waals surface area contributed by atoms with Gasteiger partial charge in [-0.3, -0.25) is 4.79 Å². The number of anilines is 1. The fourth-order valence-corrected chi connectivity index (χ4v) is 3.66. The molecule has 1 amide bonds. The molecule has 1 unspecified atom stereocenters. The van der Waals surface area contributed by atoms with Gasteiger partial charge in [0.05, 0.1) is 6.04 Å². The molecule has 3 nitrogen and oxygen atoms in total. The average molecular weight is 300 g/mol. The number of hydrogen-bond acceptors (Lipinski definition) is 3. The molecule has 1 atom stereocenters. The zero-order chi connectivity index (χ0) is 14.7. The maximum atomic E-state index is 12.5. The van der Waals surface area contributed by atoms with Crippen molar-refractivity contribution in [3.05, 3.63) is 52.2 Å². The first kappa shape index (κ1) is 14.1. The first-order chi connectivity index (χ1) is 10.2. The van der Waals surface area contributed by atoms with Gasteiger partial charge in [0, 0.05) is 18.7 Å². The highest BCUT2D eigenvalue weighted by Gasteiger charge is 2.29. The predicted molar refractivity (Wildman–Crippen MR) is 87.2 cm³/mol. The molecular weight excluding hydrogens is 280 g/mol. The third-order valence-electron chi connectivity index (χ3n) is 4.11. The summed E-state index contributed by atoms with van der Waals surface area (Å²) < 4.78 is 0. The molecule has 1 aliphatic heterocycles. The van der Waals surface area contributed by atoms with Gasteiger partial charge in [-0.1, -0.05) is 12.1 Å². The Kier molecular flexibility index (Phi) is 4.25. The molecule has 2 heterocycles. The summed E-state index contributed by atoms with van der Waals surface area (Å²) >= 11 is 1.70. The van der Waals surface area contributed by atoms with E-state index in [0.29, 0.717) is 6.42 Å². The molecule has 0 saturated carbocycles. The summed E-state index contributed by atoms with van der Waals surface area (Å²) in [7, 11) is 0. The van der Waals surface area contributed by atoms with Crippen LogP contribution in [0.4, 0.5) is 5.69 Å². The summed E-state index contributed by atoms with van der Waals surface area (Å²) in [6.07, 6.45) is 3.55. The molecule has 0 aliphatic carbocycles. The van der Waals surface area contributed by atoms with E-state index in [9.17, 15) is 4.79 Å². The lowest BCUT2D eigenvalue weighted by atomic mass is 10.1. The number of carbonyl (C=O) groups is 1. The number of carbonyl (C=O) groups excluding carboxylic acids is 1. The zero-order valence-corrected chi connectivity index (χ0v) is 12.8. The Bertz CT molecular complexity index is 592. The first-order valence-electron chi connectivity index (χ1n) is 7.40. The van der Waals surface area contributed by atoms with Crippen molar-refractivity contribution in [2.45, 2.75) is 31.7 Å². The molecule has 0 spiro atoms. The Hall–Kier alpha value is -1.81. The molecule has 0 radical (unpaired) electrons. The van der Waals surface area contributed by atoms with Gasteiger partial charge in [-0.05, 0) is 59.3 Å². The highest BCUT2D eigenvalue weighted by molar-refractivity contribution is 7.07. The third-order valence-corrected chi connectivity index (χ3v) is 4.81. The molecule has 0 bridgehead atoms. The second kappa shape index (κ2) is 6.31. The molecule has 110 valence electrons. The van der Waals surface area contributed by atoms with Crippen LogP contribution in [0.5, 0.6) is 0 Å². The average Bonchev–Trinajstić information content (AvgIpc) is 3.16. The molecule has 1 fully saturated rings. The Morgan fingerprint density at radius 3 is 2.81 bits per heavy atom. The minimum absolute atomic E-state index is 0.264. The topological polar surface area (TPSA) is 46.3 Å². The van der Waals surface area contributed by atoms with Crippen molar-refractivity contribution in [3.63, 3.8) is 0 Å². The van der Waals surface area contributed by atoms with Gasteiger partial charge in [0.1, 0.15) is 0 Å². The highest BCUT2D eigenvalue weighted by Crippen LogP contribution is 2.33. The van der Waals surface area contributed by atoms with Crippen molar-refractivity contribution in [2.24, 2.45) is 0 Å². The summed E-state index contributed by atoms with van der Waals surface area (Å²) in [5.74, 6) is 0.264. The summed E-state index contributed by atoms with van der Waals surface area (Å²) in [6.45, 7) is 0.890. The Balaban J connectivity index is 1.61. The Labute approximate surface area is 129 Å². The molecule has 3 rings (SSSR count). The van der Waals surface area contributed by atoms with Crippen LogP contribution in [-0.2, 0) is 11.2 Å². The number of likely N-dealkylation sites (tertiary alicyclic amines) is 1. The number of rotatable bonds is 4. The number of thiophene rings is 1. The van der Waals surface area contributed by atoms with Crippen LogP contribution in [-0.4, -0.2) is 17.4 Å². The molecule has 1 aliphatic rings. The number of amides is 1. The Morgan fingerprint density at radius 1 is 1.29 bits per heavy atom. The molecule has 2 aromatic rings. The van der Waals surface area contributed by atoms with E-state index in [2.05, 4.69) is 21.7 Å². The van der Waals surface area contributed by atoms with Crippen LogP contribution in [0.25, 0.3) is 0 Å². The fraction of sp³-hybridized carbons (Fsp3) is 0.353. The Morgan fingerprint density at radius 2 is 2.10 bits per heavy atom. The van der Waals surface area contributed by atoms with E-state index >= 15 is 0 Å². The number of hydrogen-bond donors (Lipinski definition) is 1. The number of aryl methyl sites for hydroxylation is 1. The molecule has 2 N–H and O–H groups in total. The van der Waals surface area contributed by atoms with Crippen LogP contribution in [0.1, 0.15) is 36.4 Å². The second-order valence-electron chi connectivity index (χ2n) is 5.54. The van der Waals surface area contributed by atoms with Gasteiger partial charge in [-0.15, -0.1) is 0 Å². The fourth-order valence-electron chi connectivity index (χ4n) is 2.96. The van der Waals surface area contributed by atoms with Crippen LogP contribution in [0.15, 0.2) is 41.1 Å². The normalized spacial score (nSPS) is 18.1. The van der Waals surface area contributed by atoms with Crippen molar-refractivity contribution in [1.29, 1.82) is 0 Å². The van der Waals surface area contributed by atoms with Crippen molar-refractivity contribution in [2.75, 3.05) is 12.3 Å². The smallest absolute Gasteiger partial charge is 0.223 e. The maximum absolute atomic E-state index is 12.5. The summed E-state index contributed by atoms with van der Waals surface area (Å²) in [5, 5.41) is 4.25. The number of nitrogens with two attached hydrogens (primary N) is 1. The molecular formula is C17H20N2OS. The number of nitrogen functional groups attached to an aromatic ring is 1. The SMILES string of the molecule is Nc1ccc(CCC(=O)N2CCCC2c2ccsc2)cc1. The first-order valence-corrected chi connectivity index (χ1v) is 8.34. The lowest BCUT2D eigenvalue weighted by Crippen LogP contribution is -2.30. The van der Waals surface area contributed by atoms with Gasteiger partial charge >= 0.3 is 0 Å². The van der Waals surface area contributed by atoms with E-state index in [1.54, 1.807) is 11.3 Å². The minimum Gasteiger partial charge on any atom is -0.399 e. The van der Waals surface area contributed by atoms with E-state index in [-0.39, 0.29) is 11.9 Å². The quantitative estimate of drug-likeness (QED) is 0.877. The van der Waals surface area contributed by atoms with Crippen LogP contribution >= 0.6 is 11.3 Å². The van der Waals surface area contributed by atoms with E-state index in [1.165, 1.54) is 11.1 Å². The molecule has 1 aromatic carbocycles. The van der Waals surface area contributed by atoms with Gasteiger partial charge in [-0.2, -0.15) is 11.3 Å². The summed E-state index contributed by atoms with van der Waals surface area (Å²) in [4.78, 5) is 14.6. The molecule has 21 heavy (non-hydrogen) atoms. The maximum Gasteiger partial charge on any atom is 0.223 e. The zero-order valence-electron chi connectivity index (χ0n) is 12.0. The minimum atomic E-state index is 0.264. The summed E-state index contributed by atoms with van der Waals surface area (Å²) in [6, 6.07) is 10.2. The van der Waals surface area contributed by atoms with Gasteiger partial charge in [-0.25, -0.2) is 0 Å². The van der Waals surface area contributed by atoms with Crippen LogP contribution in [0.3, 0.4) is 0 Å². The second-order valence-corrected chi connectivity index (χ2v) is 6.32.